The highest BCUT2D eigenvalue weighted by molar-refractivity contribution is 6.03. The molecule has 6 heteroatoms. The van der Waals surface area contributed by atoms with E-state index in [1.807, 2.05) is 0 Å². The molecule has 0 aliphatic carbocycles. The Morgan fingerprint density at radius 3 is 2.68 bits per heavy atom. The molecular weight excluding hydrogens is 248 g/mol. The number of hydrogen-bond donors (Lipinski definition) is 1. The Morgan fingerprint density at radius 2 is 2.11 bits per heavy atom. The summed E-state index contributed by atoms with van der Waals surface area (Å²) in [5, 5.41) is 2.70. The maximum Gasteiger partial charge on any atom is 0.277 e. The first-order chi connectivity index (χ1) is 9.13. The predicted molar refractivity (Wildman–Crippen MR) is 68.7 cm³/mol. The summed E-state index contributed by atoms with van der Waals surface area (Å²) in [5.74, 6) is 1.22. The summed E-state index contributed by atoms with van der Waals surface area (Å²) >= 11 is 0. The molecule has 0 saturated carbocycles. The molecule has 0 unspecified atom stereocenters. The van der Waals surface area contributed by atoms with Crippen LogP contribution in [-0.2, 0) is 0 Å². The van der Waals surface area contributed by atoms with Gasteiger partial charge in [-0.15, -0.1) is 0 Å². The van der Waals surface area contributed by atoms with E-state index in [1.54, 1.807) is 32.2 Å². The van der Waals surface area contributed by atoms with Crippen molar-refractivity contribution in [1.82, 2.24) is 4.98 Å². The van der Waals surface area contributed by atoms with Gasteiger partial charge in [-0.1, -0.05) is 0 Å². The molecule has 2 rings (SSSR count). The van der Waals surface area contributed by atoms with Crippen molar-refractivity contribution in [3.8, 4) is 11.5 Å². The molecule has 0 aliphatic rings. The third-order valence-corrected chi connectivity index (χ3v) is 2.51. The van der Waals surface area contributed by atoms with E-state index in [9.17, 15) is 4.79 Å². The maximum absolute atomic E-state index is 12.0. The van der Waals surface area contributed by atoms with Gasteiger partial charge in [-0.2, -0.15) is 0 Å². The summed E-state index contributed by atoms with van der Waals surface area (Å²) in [5.41, 5.74) is 0.717. The highest BCUT2D eigenvalue weighted by atomic mass is 16.5. The molecule has 0 spiro atoms. The van der Waals surface area contributed by atoms with Gasteiger partial charge in [-0.3, -0.25) is 4.79 Å². The zero-order valence-electron chi connectivity index (χ0n) is 10.9. The Bertz CT molecular complexity index is 592. The Kier molecular flexibility index (Phi) is 3.70. The lowest BCUT2D eigenvalue weighted by Gasteiger charge is -2.10. The van der Waals surface area contributed by atoms with Crippen LogP contribution >= 0.6 is 0 Å². The quantitative estimate of drug-likeness (QED) is 0.914. The number of ether oxygens (including phenoxy) is 2. The first-order valence-corrected chi connectivity index (χ1v) is 5.59. The number of carbonyl (C=O) groups is 1. The molecule has 1 aromatic heterocycles. The maximum atomic E-state index is 12.0. The summed E-state index contributed by atoms with van der Waals surface area (Å²) in [6, 6.07) is 5.13. The summed E-state index contributed by atoms with van der Waals surface area (Å²) in [6.07, 6.45) is 1.30. The Morgan fingerprint density at radius 1 is 1.32 bits per heavy atom. The van der Waals surface area contributed by atoms with Gasteiger partial charge in [-0.25, -0.2) is 4.98 Å². The van der Waals surface area contributed by atoms with Gasteiger partial charge in [0, 0.05) is 13.0 Å². The zero-order valence-corrected chi connectivity index (χ0v) is 10.9. The average Bonchev–Trinajstić information content (AvgIpc) is 2.85. The van der Waals surface area contributed by atoms with Crippen molar-refractivity contribution in [2.45, 2.75) is 6.92 Å². The molecule has 100 valence electrons. The minimum absolute atomic E-state index is 0.211. The van der Waals surface area contributed by atoms with Crippen LogP contribution < -0.4 is 14.8 Å². The number of aromatic nitrogens is 1. The highest BCUT2D eigenvalue weighted by Gasteiger charge is 2.14. The summed E-state index contributed by atoms with van der Waals surface area (Å²) in [6.45, 7) is 1.67. The van der Waals surface area contributed by atoms with Crippen molar-refractivity contribution in [1.29, 1.82) is 0 Å². The van der Waals surface area contributed by atoms with Crippen molar-refractivity contribution in [3.63, 3.8) is 0 Å². The molecule has 0 bridgehead atoms. The van der Waals surface area contributed by atoms with Crippen LogP contribution in [0.15, 0.2) is 28.9 Å². The van der Waals surface area contributed by atoms with E-state index in [4.69, 9.17) is 13.9 Å². The number of oxazole rings is 1. The molecule has 2 aromatic rings. The van der Waals surface area contributed by atoms with Crippen LogP contribution in [0.25, 0.3) is 0 Å². The van der Waals surface area contributed by atoms with Gasteiger partial charge in [0.2, 0.25) is 0 Å². The SMILES string of the molecule is COc1ccc(OC)c(NC(=O)c2coc(C)n2)c1. The second-order valence-electron chi connectivity index (χ2n) is 3.77. The number of nitrogens with zero attached hydrogens (tertiary/aromatic N) is 1. The second kappa shape index (κ2) is 5.43. The lowest BCUT2D eigenvalue weighted by atomic mass is 10.2. The van der Waals surface area contributed by atoms with E-state index in [0.717, 1.165) is 0 Å². The first-order valence-electron chi connectivity index (χ1n) is 5.59. The Hall–Kier alpha value is -2.50. The first kappa shape index (κ1) is 12.9. The van der Waals surface area contributed by atoms with Gasteiger partial charge in [0.1, 0.15) is 17.8 Å². The molecule has 1 amide bonds. The van der Waals surface area contributed by atoms with Crippen molar-refractivity contribution < 1.29 is 18.7 Å². The molecule has 1 N–H and O–H groups in total. The fourth-order valence-corrected chi connectivity index (χ4v) is 1.57. The number of rotatable bonds is 4. The summed E-state index contributed by atoms with van der Waals surface area (Å²) in [7, 11) is 3.08. The molecule has 0 radical (unpaired) electrons. The normalized spacial score (nSPS) is 10.1. The lowest BCUT2D eigenvalue weighted by molar-refractivity contribution is 0.102. The zero-order chi connectivity index (χ0) is 13.8. The minimum Gasteiger partial charge on any atom is -0.497 e. The molecule has 0 saturated heterocycles. The molecule has 0 fully saturated rings. The van der Waals surface area contributed by atoms with Crippen LogP contribution in [0.2, 0.25) is 0 Å². The number of anilines is 1. The van der Waals surface area contributed by atoms with Gasteiger partial charge < -0.3 is 19.2 Å². The predicted octanol–water partition coefficient (Wildman–Crippen LogP) is 2.25. The molecule has 1 heterocycles. The van der Waals surface area contributed by atoms with Gasteiger partial charge in [-0.05, 0) is 12.1 Å². The van der Waals surface area contributed by atoms with E-state index < -0.39 is 0 Å². The number of nitrogens with one attached hydrogen (secondary N) is 1. The van der Waals surface area contributed by atoms with Gasteiger partial charge >= 0.3 is 0 Å². The molecule has 19 heavy (non-hydrogen) atoms. The molecule has 0 aliphatic heterocycles. The van der Waals surface area contributed by atoms with Crippen LogP contribution in [0.5, 0.6) is 11.5 Å². The topological polar surface area (TPSA) is 73.6 Å². The summed E-state index contributed by atoms with van der Waals surface area (Å²) < 4.78 is 15.3. The number of hydrogen-bond acceptors (Lipinski definition) is 5. The van der Waals surface area contributed by atoms with Crippen molar-refractivity contribution in [3.05, 3.63) is 36.0 Å². The van der Waals surface area contributed by atoms with Crippen LogP contribution in [0, 0.1) is 6.92 Å². The smallest absolute Gasteiger partial charge is 0.277 e. The molecule has 6 nitrogen and oxygen atoms in total. The van der Waals surface area contributed by atoms with E-state index in [1.165, 1.54) is 13.4 Å². The largest absolute Gasteiger partial charge is 0.497 e. The van der Waals surface area contributed by atoms with Gasteiger partial charge in [0.15, 0.2) is 11.6 Å². The molecule has 0 atom stereocenters. The number of methoxy groups -OCH3 is 2. The van der Waals surface area contributed by atoms with E-state index in [-0.39, 0.29) is 11.6 Å². The van der Waals surface area contributed by atoms with E-state index in [2.05, 4.69) is 10.3 Å². The van der Waals surface area contributed by atoms with Crippen LogP contribution in [0.1, 0.15) is 16.4 Å². The third-order valence-electron chi connectivity index (χ3n) is 2.51. The number of amides is 1. The number of aryl methyl sites for hydroxylation is 1. The third kappa shape index (κ3) is 2.85. The fourth-order valence-electron chi connectivity index (χ4n) is 1.57. The number of benzene rings is 1. The van der Waals surface area contributed by atoms with Crippen LogP contribution in [0.4, 0.5) is 5.69 Å². The van der Waals surface area contributed by atoms with Crippen LogP contribution in [0.3, 0.4) is 0 Å². The monoisotopic (exact) mass is 262 g/mol. The van der Waals surface area contributed by atoms with E-state index >= 15 is 0 Å². The molecule has 1 aromatic carbocycles. The van der Waals surface area contributed by atoms with Crippen molar-refractivity contribution in [2.75, 3.05) is 19.5 Å². The minimum atomic E-state index is -0.372. The van der Waals surface area contributed by atoms with E-state index in [0.29, 0.717) is 23.1 Å². The average molecular weight is 262 g/mol. The Labute approximate surface area is 110 Å². The standard InChI is InChI=1S/C13H14N2O4/c1-8-14-11(7-19-8)13(16)15-10-6-9(17-2)4-5-12(10)18-3/h4-7H,1-3H3,(H,15,16). The fraction of sp³-hybridized carbons (Fsp3) is 0.231. The lowest BCUT2D eigenvalue weighted by Crippen LogP contribution is -2.13. The second-order valence-corrected chi connectivity index (χ2v) is 3.77. The highest BCUT2D eigenvalue weighted by Crippen LogP contribution is 2.29. The van der Waals surface area contributed by atoms with Crippen molar-refractivity contribution in [2.24, 2.45) is 0 Å². The van der Waals surface area contributed by atoms with Gasteiger partial charge in [0.05, 0.1) is 19.9 Å². The van der Waals surface area contributed by atoms with Crippen molar-refractivity contribution >= 4 is 11.6 Å². The molecular formula is C13H14N2O4. The number of carbonyl (C=O) groups excluding carboxylic acids is 1. The van der Waals surface area contributed by atoms with Gasteiger partial charge in [0.25, 0.3) is 5.91 Å². The Balaban J connectivity index is 2.24. The van der Waals surface area contributed by atoms with Crippen LogP contribution in [-0.4, -0.2) is 25.1 Å². The summed E-state index contributed by atoms with van der Waals surface area (Å²) in [4.78, 5) is 15.9.